The van der Waals surface area contributed by atoms with Crippen molar-refractivity contribution in [1.82, 2.24) is 5.32 Å². The van der Waals surface area contributed by atoms with Crippen LogP contribution in [0.3, 0.4) is 0 Å². The Bertz CT molecular complexity index is 830. The lowest BCUT2D eigenvalue weighted by Crippen LogP contribution is -2.21. The molecule has 1 aliphatic rings. The van der Waals surface area contributed by atoms with E-state index in [1.165, 1.54) is 18.2 Å². The third-order valence-corrected chi connectivity index (χ3v) is 4.10. The molecule has 0 bridgehead atoms. The Morgan fingerprint density at radius 3 is 2.48 bits per heavy atom. The Labute approximate surface area is 139 Å². The predicted octanol–water partition coefficient (Wildman–Crippen LogP) is 3.30. The van der Waals surface area contributed by atoms with Gasteiger partial charge >= 0.3 is 0 Å². The van der Waals surface area contributed by atoms with Gasteiger partial charge in [-0.2, -0.15) is 0 Å². The van der Waals surface area contributed by atoms with Crippen LogP contribution in [-0.4, -0.2) is 16.8 Å². The molecule has 6 heteroatoms. The molecule has 3 rings (SSSR count). The van der Waals surface area contributed by atoms with E-state index in [9.17, 15) is 19.1 Å². The predicted molar refractivity (Wildman–Crippen MR) is 86.0 cm³/mol. The molecule has 116 valence electrons. The SMILES string of the molecule is O=C1N[C@@H](c2cccc(F)c2)C(=C(O)c2ccc(Br)cc2)C1=O. The maximum absolute atomic E-state index is 13.4. The second kappa shape index (κ2) is 5.96. The Kier molecular flexibility index (Phi) is 4.00. The molecule has 0 unspecified atom stereocenters. The van der Waals surface area contributed by atoms with Gasteiger partial charge in [0.1, 0.15) is 11.6 Å². The van der Waals surface area contributed by atoms with Crippen molar-refractivity contribution in [2.75, 3.05) is 0 Å². The van der Waals surface area contributed by atoms with Crippen LogP contribution in [-0.2, 0) is 9.59 Å². The molecule has 23 heavy (non-hydrogen) atoms. The van der Waals surface area contributed by atoms with E-state index < -0.39 is 23.5 Å². The number of carbonyl (C=O) groups excluding carboxylic acids is 2. The van der Waals surface area contributed by atoms with Crippen LogP contribution in [0.25, 0.3) is 5.76 Å². The molecule has 0 aliphatic carbocycles. The molecule has 1 saturated heterocycles. The van der Waals surface area contributed by atoms with Crippen molar-refractivity contribution in [3.05, 3.63) is 75.5 Å². The first-order chi connectivity index (χ1) is 11.0. The third kappa shape index (κ3) is 2.90. The van der Waals surface area contributed by atoms with E-state index in [1.54, 1.807) is 30.3 Å². The summed E-state index contributed by atoms with van der Waals surface area (Å²) in [6.45, 7) is 0. The van der Waals surface area contributed by atoms with Crippen molar-refractivity contribution in [1.29, 1.82) is 0 Å². The van der Waals surface area contributed by atoms with Crippen molar-refractivity contribution in [3.63, 3.8) is 0 Å². The minimum atomic E-state index is -0.880. The van der Waals surface area contributed by atoms with Crippen molar-refractivity contribution < 1.29 is 19.1 Å². The van der Waals surface area contributed by atoms with Gasteiger partial charge in [0.2, 0.25) is 0 Å². The maximum Gasteiger partial charge on any atom is 0.293 e. The molecular weight excluding hydrogens is 365 g/mol. The minimum absolute atomic E-state index is 0.0806. The highest BCUT2D eigenvalue weighted by molar-refractivity contribution is 9.10. The molecule has 1 fully saturated rings. The number of hydrogen-bond acceptors (Lipinski definition) is 3. The number of nitrogens with one attached hydrogen (secondary N) is 1. The van der Waals surface area contributed by atoms with E-state index in [4.69, 9.17) is 0 Å². The fourth-order valence-electron chi connectivity index (χ4n) is 2.47. The first-order valence-corrected chi connectivity index (χ1v) is 7.56. The first-order valence-electron chi connectivity index (χ1n) is 6.77. The molecule has 2 aromatic carbocycles. The van der Waals surface area contributed by atoms with Crippen LogP contribution in [0.5, 0.6) is 0 Å². The van der Waals surface area contributed by atoms with E-state index in [2.05, 4.69) is 21.2 Å². The zero-order valence-corrected chi connectivity index (χ0v) is 13.3. The monoisotopic (exact) mass is 375 g/mol. The summed E-state index contributed by atoms with van der Waals surface area (Å²) in [6.07, 6.45) is 0. The fourth-order valence-corrected chi connectivity index (χ4v) is 2.73. The van der Waals surface area contributed by atoms with Gasteiger partial charge in [-0.15, -0.1) is 0 Å². The molecule has 1 heterocycles. The number of rotatable bonds is 2. The van der Waals surface area contributed by atoms with E-state index in [0.717, 1.165) is 4.47 Å². The average molecular weight is 376 g/mol. The minimum Gasteiger partial charge on any atom is -0.507 e. The first kappa shape index (κ1) is 15.4. The molecule has 1 aliphatic heterocycles. The van der Waals surface area contributed by atoms with E-state index in [1.807, 2.05) is 0 Å². The van der Waals surface area contributed by atoms with Gasteiger partial charge in [-0.3, -0.25) is 9.59 Å². The number of carbonyl (C=O) groups is 2. The second-order valence-corrected chi connectivity index (χ2v) is 5.98. The Hall–Kier alpha value is -2.47. The van der Waals surface area contributed by atoms with Crippen molar-refractivity contribution in [2.45, 2.75) is 6.04 Å². The zero-order valence-electron chi connectivity index (χ0n) is 11.7. The number of ketones is 1. The summed E-state index contributed by atoms with van der Waals surface area (Å²) in [5, 5.41) is 12.9. The summed E-state index contributed by atoms with van der Waals surface area (Å²) in [6, 6.07) is 11.3. The average Bonchev–Trinajstić information content (AvgIpc) is 2.83. The van der Waals surface area contributed by atoms with E-state index in [0.29, 0.717) is 11.1 Å². The van der Waals surface area contributed by atoms with Crippen molar-refractivity contribution in [3.8, 4) is 0 Å². The van der Waals surface area contributed by atoms with Crippen molar-refractivity contribution in [2.24, 2.45) is 0 Å². The van der Waals surface area contributed by atoms with Crippen LogP contribution in [0.4, 0.5) is 4.39 Å². The highest BCUT2D eigenvalue weighted by Gasteiger charge is 2.39. The van der Waals surface area contributed by atoms with E-state index >= 15 is 0 Å². The maximum atomic E-state index is 13.4. The highest BCUT2D eigenvalue weighted by atomic mass is 79.9. The quantitative estimate of drug-likeness (QED) is 0.480. The summed E-state index contributed by atoms with van der Waals surface area (Å²) in [4.78, 5) is 23.9. The van der Waals surface area contributed by atoms with Gasteiger partial charge in [0.15, 0.2) is 0 Å². The van der Waals surface area contributed by atoms with Gasteiger partial charge in [0.05, 0.1) is 11.6 Å². The molecule has 2 aromatic rings. The van der Waals surface area contributed by atoms with Crippen LogP contribution in [0.15, 0.2) is 58.6 Å². The Balaban J connectivity index is 2.12. The second-order valence-electron chi connectivity index (χ2n) is 5.06. The van der Waals surface area contributed by atoms with Gasteiger partial charge in [-0.05, 0) is 29.8 Å². The number of aliphatic hydroxyl groups excluding tert-OH is 1. The molecular formula is C17H11BrFNO3. The normalized spacial score (nSPS) is 19.7. The number of benzene rings is 2. The fraction of sp³-hybridized carbons (Fsp3) is 0.0588. The van der Waals surface area contributed by atoms with Gasteiger partial charge in [-0.1, -0.05) is 40.2 Å². The smallest absolute Gasteiger partial charge is 0.293 e. The third-order valence-electron chi connectivity index (χ3n) is 3.57. The molecule has 0 spiro atoms. The number of amides is 1. The summed E-state index contributed by atoms with van der Waals surface area (Å²) in [7, 11) is 0. The number of Topliss-reactive ketones (excluding diaryl/α,β-unsaturated/α-hetero) is 1. The highest BCUT2D eigenvalue weighted by Crippen LogP contribution is 2.33. The summed E-state index contributed by atoms with van der Waals surface area (Å²) in [5.74, 6) is -2.42. The lowest BCUT2D eigenvalue weighted by atomic mass is 9.96. The standard InChI is InChI=1S/C17H11BrFNO3/c18-11-6-4-9(5-7-11)15(21)13-14(20-17(23)16(13)22)10-2-1-3-12(19)8-10/h1-8,14,21H,(H,20,23)/t14-/m0/s1. The van der Waals surface area contributed by atoms with Crippen molar-refractivity contribution >= 4 is 33.4 Å². The summed E-state index contributed by atoms with van der Waals surface area (Å²) >= 11 is 3.28. The van der Waals surface area contributed by atoms with Gasteiger partial charge in [-0.25, -0.2) is 4.39 Å². The molecule has 0 aromatic heterocycles. The molecule has 4 nitrogen and oxygen atoms in total. The van der Waals surface area contributed by atoms with Crippen LogP contribution in [0.2, 0.25) is 0 Å². The largest absolute Gasteiger partial charge is 0.507 e. The van der Waals surface area contributed by atoms with Gasteiger partial charge in [0.25, 0.3) is 11.7 Å². The summed E-state index contributed by atoms with van der Waals surface area (Å²) < 4.78 is 14.2. The Morgan fingerprint density at radius 2 is 1.83 bits per heavy atom. The lowest BCUT2D eigenvalue weighted by Gasteiger charge is -2.13. The Morgan fingerprint density at radius 1 is 1.13 bits per heavy atom. The summed E-state index contributed by atoms with van der Waals surface area (Å²) in [5.41, 5.74) is 0.709. The molecule has 0 saturated carbocycles. The van der Waals surface area contributed by atoms with E-state index in [-0.39, 0.29) is 11.3 Å². The van der Waals surface area contributed by atoms with Gasteiger partial charge in [0, 0.05) is 10.0 Å². The zero-order chi connectivity index (χ0) is 16.6. The molecule has 1 amide bonds. The van der Waals surface area contributed by atoms with Crippen LogP contribution >= 0.6 is 15.9 Å². The molecule has 2 N–H and O–H groups in total. The number of halogens is 2. The number of hydrogen-bond donors (Lipinski definition) is 2. The molecule has 1 atom stereocenters. The van der Waals surface area contributed by atoms with Crippen LogP contribution in [0.1, 0.15) is 17.2 Å². The van der Waals surface area contributed by atoms with Crippen LogP contribution in [0, 0.1) is 5.82 Å². The topological polar surface area (TPSA) is 66.4 Å². The van der Waals surface area contributed by atoms with Crippen LogP contribution < -0.4 is 5.32 Å². The van der Waals surface area contributed by atoms with Gasteiger partial charge < -0.3 is 10.4 Å². The number of aliphatic hydroxyl groups is 1. The molecule has 0 radical (unpaired) electrons. The lowest BCUT2D eigenvalue weighted by molar-refractivity contribution is -0.133.